The number of amides is 1. The van der Waals surface area contributed by atoms with Crippen LogP contribution in [0.3, 0.4) is 0 Å². The lowest BCUT2D eigenvalue weighted by Gasteiger charge is -2.27. The van der Waals surface area contributed by atoms with Crippen LogP contribution in [0.2, 0.25) is 5.02 Å². The van der Waals surface area contributed by atoms with Gasteiger partial charge in [0.1, 0.15) is 5.82 Å². The molecule has 0 aliphatic carbocycles. The lowest BCUT2D eigenvalue weighted by molar-refractivity contribution is 0.0912. The van der Waals surface area contributed by atoms with Crippen LogP contribution in [0.15, 0.2) is 48.5 Å². The zero-order valence-corrected chi connectivity index (χ0v) is 12.0. The molecule has 0 saturated carbocycles. The Labute approximate surface area is 122 Å². The molecule has 0 aromatic heterocycles. The number of benzene rings is 2. The highest BCUT2D eigenvalue weighted by Crippen LogP contribution is 2.22. The zero-order valence-electron chi connectivity index (χ0n) is 11.3. The minimum Gasteiger partial charge on any atom is -0.343 e. The number of rotatable bonds is 3. The van der Waals surface area contributed by atoms with Crippen LogP contribution < -0.4 is 5.32 Å². The fraction of sp³-hybridized carbons (Fsp3) is 0.188. The van der Waals surface area contributed by atoms with Crippen LogP contribution in [0.25, 0.3) is 0 Å². The van der Waals surface area contributed by atoms with Gasteiger partial charge in [0.25, 0.3) is 5.91 Å². The Balaban J connectivity index is 2.17. The van der Waals surface area contributed by atoms with Gasteiger partial charge in [-0.25, -0.2) is 4.39 Å². The predicted molar refractivity (Wildman–Crippen MR) is 78.3 cm³/mol. The lowest BCUT2D eigenvalue weighted by atomic mass is 9.94. The Hall–Kier alpha value is -1.87. The van der Waals surface area contributed by atoms with E-state index in [-0.39, 0.29) is 11.7 Å². The van der Waals surface area contributed by atoms with Crippen LogP contribution in [-0.2, 0) is 5.54 Å². The van der Waals surface area contributed by atoms with Crippen molar-refractivity contribution in [3.05, 3.63) is 70.5 Å². The van der Waals surface area contributed by atoms with Crippen molar-refractivity contribution in [1.82, 2.24) is 5.32 Å². The summed E-state index contributed by atoms with van der Waals surface area (Å²) in [5, 5.41) is 3.57. The molecule has 0 bridgehead atoms. The molecule has 2 aromatic rings. The third kappa shape index (κ3) is 3.36. The molecule has 2 nitrogen and oxygen atoms in total. The highest BCUT2D eigenvalue weighted by atomic mass is 35.5. The lowest BCUT2D eigenvalue weighted by Crippen LogP contribution is -2.40. The monoisotopic (exact) mass is 291 g/mol. The number of hydrogen-bond donors (Lipinski definition) is 1. The first-order valence-electron chi connectivity index (χ1n) is 6.22. The van der Waals surface area contributed by atoms with Crippen molar-refractivity contribution >= 4 is 17.5 Å². The summed E-state index contributed by atoms with van der Waals surface area (Å²) >= 11 is 5.86. The van der Waals surface area contributed by atoms with Gasteiger partial charge in [-0.05, 0) is 55.8 Å². The first-order chi connectivity index (χ1) is 9.38. The summed E-state index contributed by atoms with van der Waals surface area (Å²) in [5.74, 6) is -0.608. The SMILES string of the molecule is CC(C)(NC(=O)c1ccc(F)cc1)c1ccc(Cl)cc1. The molecule has 0 aliphatic heterocycles. The summed E-state index contributed by atoms with van der Waals surface area (Å²) in [6.07, 6.45) is 0. The van der Waals surface area contributed by atoms with E-state index in [0.717, 1.165) is 5.56 Å². The smallest absolute Gasteiger partial charge is 0.251 e. The van der Waals surface area contributed by atoms with E-state index in [1.807, 2.05) is 26.0 Å². The van der Waals surface area contributed by atoms with Gasteiger partial charge < -0.3 is 5.32 Å². The van der Waals surface area contributed by atoms with E-state index in [1.165, 1.54) is 24.3 Å². The van der Waals surface area contributed by atoms with Crippen molar-refractivity contribution in [2.24, 2.45) is 0 Å². The summed E-state index contributed by atoms with van der Waals surface area (Å²) < 4.78 is 12.8. The molecule has 1 N–H and O–H groups in total. The Kier molecular flexibility index (Phi) is 4.09. The molecule has 104 valence electrons. The van der Waals surface area contributed by atoms with E-state index in [9.17, 15) is 9.18 Å². The summed E-state index contributed by atoms with van der Waals surface area (Å²) in [6, 6.07) is 12.8. The van der Waals surface area contributed by atoms with Gasteiger partial charge in [0.05, 0.1) is 5.54 Å². The van der Waals surface area contributed by atoms with Crippen LogP contribution >= 0.6 is 11.6 Å². The van der Waals surface area contributed by atoms with Gasteiger partial charge in [-0.15, -0.1) is 0 Å². The second-order valence-corrected chi connectivity index (χ2v) is 5.53. The van der Waals surface area contributed by atoms with Crippen molar-refractivity contribution in [2.45, 2.75) is 19.4 Å². The highest BCUT2D eigenvalue weighted by molar-refractivity contribution is 6.30. The molecule has 0 heterocycles. The van der Waals surface area contributed by atoms with Gasteiger partial charge >= 0.3 is 0 Å². The molecule has 0 fully saturated rings. The van der Waals surface area contributed by atoms with Gasteiger partial charge in [0, 0.05) is 10.6 Å². The van der Waals surface area contributed by atoms with Crippen LogP contribution in [0.5, 0.6) is 0 Å². The zero-order chi connectivity index (χ0) is 14.8. The van der Waals surface area contributed by atoms with E-state index in [0.29, 0.717) is 10.6 Å². The summed E-state index contributed by atoms with van der Waals surface area (Å²) in [4.78, 5) is 12.2. The second kappa shape index (κ2) is 5.63. The molecular weight excluding hydrogens is 277 g/mol. The topological polar surface area (TPSA) is 29.1 Å². The van der Waals surface area contributed by atoms with Gasteiger partial charge in [0.15, 0.2) is 0 Å². The van der Waals surface area contributed by atoms with Crippen LogP contribution in [0.1, 0.15) is 29.8 Å². The number of halogens is 2. The minimum atomic E-state index is -0.546. The molecule has 2 aromatic carbocycles. The van der Waals surface area contributed by atoms with Crippen molar-refractivity contribution in [3.8, 4) is 0 Å². The van der Waals surface area contributed by atoms with Crippen molar-refractivity contribution in [2.75, 3.05) is 0 Å². The maximum atomic E-state index is 12.8. The minimum absolute atomic E-state index is 0.245. The van der Waals surface area contributed by atoms with Crippen molar-refractivity contribution < 1.29 is 9.18 Å². The van der Waals surface area contributed by atoms with Gasteiger partial charge in [0.2, 0.25) is 0 Å². The van der Waals surface area contributed by atoms with E-state index < -0.39 is 5.54 Å². The van der Waals surface area contributed by atoms with Crippen molar-refractivity contribution in [1.29, 1.82) is 0 Å². The Morgan fingerprint density at radius 2 is 1.60 bits per heavy atom. The summed E-state index contributed by atoms with van der Waals surface area (Å²) in [5.41, 5.74) is 0.821. The molecule has 20 heavy (non-hydrogen) atoms. The van der Waals surface area contributed by atoms with Crippen molar-refractivity contribution in [3.63, 3.8) is 0 Å². The Bertz CT molecular complexity index is 605. The average molecular weight is 292 g/mol. The number of carbonyl (C=O) groups is 1. The highest BCUT2D eigenvalue weighted by Gasteiger charge is 2.23. The fourth-order valence-electron chi connectivity index (χ4n) is 1.90. The molecule has 0 radical (unpaired) electrons. The number of carbonyl (C=O) groups excluding carboxylic acids is 1. The second-order valence-electron chi connectivity index (χ2n) is 5.09. The van der Waals surface area contributed by atoms with Crippen LogP contribution in [-0.4, -0.2) is 5.91 Å². The molecule has 4 heteroatoms. The van der Waals surface area contributed by atoms with Gasteiger partial charge in [-0.2, -0.15) is 0 Å². The molecule has 0 unspecified atom stereocenters. The number of hydrogen-bond acceptors (Lipinski definition) is 1. The standard InChI is InChI=1S/C16H15ClFNO/c1-16(2,12-5-7-13(17)8-6-12)19-15(20)11-3-9-14(18)10-4-11/h3-10H,1-2H3,(H,19,20). The summed E-state index contributed by atoms with van der Waals surface area (Å²) in [7, 11) is 0. The maximum absolute atomic E-state index is 12.8. The molecular formula is C16H15ClFNO. The third-order valence-electron chi connectivity index (χ3n) is 3.10. The molecule has 0 atom stereocenters. The molecule has 0 spiro atoms. The normalized spacial score (nSPS) is 11.2. The quantitative estimate of drug-likeness (QED) is 0.904. The van der Waals surface area contributed by atoms with E-state index in [2.05, 4.69) is 5.32 Å². The molecule has 2 rings (SSSR count). The predicted octanol–water partition coefficient (Wildman–Crippen LogP) is 4.14. The van der Waals surface area contributed by atoms with Gasteiger partial charge in [-0.3, -0.25) is 4.79 Å². The molecule has 0 aliphatic rings. The summed E-state index contributed by atoms with van der Waals surface area (Å²) in [6.45, 7) is 3.80. The molecule has 0 saturated heterocycles. The van der Waals surface area contributed by atoms with Crippen LogP contribution in [0, 0.1) is 5.82 Å². The first-order valence-corrected chi connectivity index (χ1v) is 6.60. The molecule has 1 amide bonds. The Morgan fingerprint density at radius 3 is 2.15 bits per heavy atom. The average Bonchev–Trinajstić information content (AvgIpc) is 2.39. The number of nitrogens with one attached hydrogen (secondary N) is 1. The first kappa shape index (κ1) is 14.5. The van der Waals surface area contributed by atoms with E-state index >= 15 is 0 Å². The van der Waals surface area contributed by atoms with E-state index in [4.69, 9.17) is 11.6 Å². The largest absolute Gasteiger partial charge is 0.343 e. The third-order valence-corrected chi connectivity index (χ3v) is 3.35. The van der Waals surface area contributed by atoms with Gasteiger partial charge in [-0.1, -0.05) is 23.7 Å². The maximum Gasteiger partial charge on any atom is 0.251 e. The van der Waals surface area contributed by atoms with Crippen LogP contribution in [0.4, 0.5) is 4.39 Å². The van der Waals surface area contributed by atoms with E-state index in [1.54, 1.807) is 12.1 Å². The fourth-order valence-corrected chi connectivity index (χ4v) is 2.02. The Morgan fingerprint density at radius 1 is 1.05 bits per heavy atom.